The Morgan fingerprint density at radius 1 is 1.12 bits per heavy atom. The second kappa shape index (κ2) is 9.03. The van der Waals surface area contributed by atoms with Gasteiger partial charge in [0.15, 0.2) is 5.75 Å². The molecule has 2 aromatic heterocycles. The molecule has 11 heteroatoms. The first-order valence-electron chi connectivity index (χ1n) is 9.57. The number of H-pyrrole nitrogens is 1. The Labute approximate surface area is 198 Å². The zero-order valence-corrected chi connectivity index (χ0v) is 19.2. The summed E-state index contributed by atoms with van der Waals surface area (Å²) in [6, 6.07) is 9.69. The van der Waals surface area contributed by atoms with Crippen LogP contribution in [0.15, 0.2) is 70.8 Å². The van der Waals surface area contributed by atoms with Gasteiger partial charge in [-0.3, -0.25) is 9.78 Å². The first kappa shape index (κ1) is 23.1. The third-order valence-corrected chi connectivity index (χ3v) is 7.29. The molecule has 33 heavy (non-hydrogen) atoms. The molecule has 0 aliphatic carbocycles. The molecule has 170 valence electrons. The van der Waals surface area contributed by atoms with Crippen molar-refractivity contribution in [1.29, 1.82) is 0 Å². The van der Waals surface area contributed by atoms with Gasteiger partial charge in [-0.15, -0.1) is 0 Å². The van der Waals surface area contributed by atoms with Gasteiger partial charge in [0.05, 0.1) is 19.8 Å². The summed E-state index contributed by atoms with van der Waals surface area (Å²) in [5.74, 6) is -0.675. The highest BCUT2D eigenvalue weighted by atomic mass is 35.5. The molecule has 0 radical (unpaired) electrons. The summed E-state index contributed by atoms with van der Waals surface area (Å²) >= 11 is 12.6. The first-order chi connectivity index (χ1) is 15.7. The van der Waals surface area contributed by atoms with Crippen molar-refractivity contribution in [1.82, 2.24) is 9.97 Å². The molecule has 8 nitrogen and oxygen atoms in total. The largest absolute Gasteiger partial charge is 0.480 e. The fourth-order valence-corrected chi connectivity index (χ4v) is 5.31. The van der Waals surface area contributed by atoms with E-state index < -0.39 is 21.8 Å². The molecule has 0 saturated heterocycles. The van der Waals surface area contributed by atoms with Crippen LogP contribution in [0, 0.1) is 0 Å². The number of aromatic amines is 1. The number of hydrogen-bond acceptors (Lipinski definition) is 6. The van der Waals surface area contributed by atoms with Crippen molar-refractivity contribution in [2.45, 2.75) is 22.3 Å². The van der Waals surface area contributed by atoms with Gasteiger partial charge in [0, 0.05) is 29.5 Å². The highest BCUT2D eigenvalue weighted by Gasteiger charge is 2.22. The minimum Gasteiger partial charge on any atom is -0.480 e. The molecule has 0 saturated carbocycles. The van der Waals surface area contributed by atoms with Crippen LogP contribution >= 0.6 is 23.2 Å². The Kier molecular flexibility index (Phi) is 6.31. The zero-order valence-electron chi connectivity index (χ0n) is 16.8. The summed E-state index contributed by atoms with van der Waals surface area (Å²) in [7, 11) is -3.79. The summed E-state index contributed by atoms with van der Waals surface area (Å²) in [6.07, 6.45) is 4.28. The van der Waals surface area contributed by atoms with Crippen LogP contribution in [-0.4, -0.2) is 35.5 Å². The summed E-state index contributed by atoms with van der Waals surface area (Å²) in [4.78, 5) is 18.0. The number of nitrogens with two attached hydrogens (primary N) is 1. The van der Waals surface area contributed by atoms with Crippen molar-refractivity contribution >= 4 is 49.9 Å². The quantitative estimate of drug-likeness (QED) is 0.337. The monoisotopic (exact) mass is 505 g/mol. The molecular formula is C22H17Cl2N3O5S. The molecule has 0 aliphatic rings. The second-order valence-electron chi connectivity index (χ2n) is 7.19. The fourth-order valence-electron chi connectivity index (χ4n) is 3.29. The van der Waals surface area contributed by atoms with Crippen LogP contribution in [0.4, 0.5) is 0 Å². The smallest absolute Gasteiger partial charge is 0.320 e. The number of ether oxygens (including phenoxy) is 1. The number of benzene rings is 2. The maximum absolute atomic E-state index is 13.1. The van der Waals surface area contributed by atoms with E-state index in [-0.39, 0.29) is 32.0 Å². The molecule has 4 rings (SSSR count). The van der Waals surface area contributed by atoms with Crippen LogP contribution in [0.1, 0.15) is 5.56 Å². The van der Waals surface area contributed by atoms with Crippen LogP contribution in [-0.2, 0) is 21.1 Å². The van der Waals surface area contributed by atoms with E-state index in [4.69, 9.17) is 38.8 Å². The number of pyridine rings is 1. The van der Waals surface area contributed by atoms with Crippen LogP contribution in [0.2, 0.25) is 10.0 Å². The van der Waals surface area contributed by atoms with Gasteiger partial charge in [-0.2, -0.15) is 0 Å². The number of carbonyl (C=O) groups is 1. The summed E-state index contributed by atoms with van der Waals surface area (Å²) in [5, 5.41) is 9.74. The van der Waals surface area contributed by atoms with Crippen molar-refractivity contribution < 1.29 is 23.1 Å². The predicted octanol–water partition coefficient (Wildman–Crippen LogP) is 4.45. The van der Waals surface area contributed by atoms with Crippen LogP contribution < -0.4 is 10.5 Å². The number of rotatable bonds is 7. The number of halogens is 2. The second-order valence-corrected chi connectivity index (χ2v) is 9.92. The van der Waals surface area contributed by atoms with E-state index in [9.17, 15) is 13.2 Å². The Morgan fingerprint density at radius 2 is 1.79 bits per heavy atom. The molecule has 1 atom stereocenters. The third kappa shape index (κ3) is 4.67. The minimum absolute atomic E-state index is 0.0423. The molecule has 0 aliphatic heterocycles. The number of fused-ring (bicyclic) bond motifs is 1. The Hall–Kier alpha value is -3.11. The lowest BCUT2D eigenvalue weighted by Gasteiger charge is -2.13. The molecule has 4 aromatic rings. The SMILES string of the molecule is N[C@H](Cc1cc(Cl)c(Oc2ccc3[nH]cc(S(=O)(=O)c4ccncc4)c3c2)c(Cl)c1)C(=O)O. The average Bonchev–Trinajstić information content (AvgIpc) is 3.21. The minimum atomic E-state index is -3.79. The van der Waals surface area contributed by atoms with Crippen molar-refractivity contribution in [2.75, 3.05) is 0 Å². The lowest BCUT2D eigenvalue weighted by molar-refractivity contribution is -0.138. The van der Waals surface area contributed by atoms with Crippen LogP contribution in [0.3, 0.4) is 0 Å². The van der Waals surface area contributed by atoms with E-state index in [2.05, 4.69) is 9.97 Å². The van der Waals surface area contributed by atoms with Gasteiger partial charge < -0.3 is 20.6 Å². The van der Waals surface area contributed by atoms with E-state index in [0.29, 0.717) is 22.2 Å². The summed E-state index contributed by atoms with van der Waals surface area (Å²) in [6.45, 7) is 0. The molecule has 0 spiro atoms. The highest BCUT2D eigenvalue weighted by Crippen LogP contribution is 2.39. The lowest BCUT2D eigenvalue weighted by Crippen LogP contribution is -2.32. The van der Waals surface area contributed by atoms with Gasteiger partial charge in [0.2, 0.25) is 9.84 Å². The third-order valence-electron chi connectivity index (χ3n) is 4.92. The maximum Gasteiger partial charge on any atom is 0.320 e. The van der Waals surface area contributed by atoms with Gasteiger partial charge in [0.25, 0.3) is 0 Å². The molecule has 2 heterocycles. The molecule has 4 N–H and O–H groups in total. The topological polar surface area (TPSA) is 135 Å². The van der Waals surface area contributed by atoms with Gasteiger partial charge >= 0.3 is 5.97 Å². The van der Waals surface area contributed by atoms with Crippen LogP contribution in [0.25, 0.3) is 10.9 Å². The molecule has 0 unspecified atom stereocenters. The molecule has 0 bridgehead atoms. The first-order valence-corrected chi connectivity index (χ1v) is 11.8. The number of nitrogens with one attached hydrogen (secondary N) is 1. The van der Waals surface area contributed by atoms with E-state index in [1.54, 1.807) is 18.2 Å². The van der Waals surface area contributed by atoms with E-state index in [1.807, 2.05) is 0 Å². The van der Waals surface area contributed by atoms with Gasteiger partial charge in [0.1, 0.15) is 11.8 Å². The molecule has 0 amide bonds. The van der Waals surface area contributed by atoms with E-state index in [0.717, 1.165) is 0 Å². The Bertz CT molecular complexity index is 1430. The Balaban J connectivity index is 1.68. The number of hydrogen-bond donors (Lipinski definition) is 3. The van der Waals surface area contributed by atoms with Gasteiger partial charge in [-0.1, -0.05) is 23.2 Å². The lowest BCUT2D eigenvalue weighted by atomic mass is 10.1. The van der Waals surface area contributed by atoms with Crippen molar-refractivity contribution in [3.05, 3.63) is 76.7 Å². The molecular weight excluding hydrogens is 489 g/mol. The van der Waals surface area contributed by atoms with E-state index >= 15 is 0 Å². The Morgan fingerprint density at radius 3 is 2.42 bits per heavy atom. The van der Waals surface area contributed by atoms with Crippen molar-refractivity contribution in [3.63, 3.8) is 0 Å². The average molecular weight is 506 g/mol. The standard InChI is InChI=1S/C22H17Cl2N3O5S/c23-16-7-12(9-18(25)22(28)29)8-17(24)21(16)32-13-1-2-19-15(10-13)20(11-27-19)33(30,31)14-3-5-26-6-4-14/h1-8,10-11,18,27H,9,25H2,(H,28,29)/t18-/m1/s1. The normalized spacial score (nSPS) is 12.6. The number of sulfone groups is 1. The number of aromatic nitrogens is 2. The molecule has 0 fully saturated rings. The number of carboxylic acid groups (broad SMARTS) is 1. The van der Waals surface area contributed by atoms with Gasteiger partial charge in [-0.25, -0.2) is 8.42 Å². The number of nitrogens with zero attached hydrogens (tertiary/aromatic N) is 1. The number of aliphatic carboxylic acids is 1. The summed E-state index contributed by atoms with van der Waals surface area (Å²) < 4.78 is 32.0. The zero-order chi connectivity index (χ0) is 23.8. The molecule has 2 aromatic carbocycles. The predicted molar refractivity (Wildman–Crippen MR) is 124 cm³/mol. The number of carboxylic acids is 1. The fraction of sp³-hybridized carbons (Fsp3) is 0.0909. The van der Waals surface area contributed by atoms with Crippen molar-refractivity contribution in [2.24, 2.45) is 5.73 Å². The van der Waals surface area contributed by atoms with Gasteiger partial charge in [-0.05, 0) is 54.4 Å². The summed E-state index contributed by atoms with van der Waals surface area (Å²) in [5.41, 5.74) is 6.71. The van der Waals surface area contributed by atoms with Crippen molar-refractivity contribution in [3.8, 4) is 11.5 Å². The maximum atomic E-state index is 13.1. The highest BCUT2D eigenvalue weighted by molar-refractivity contribution is 7.91. The van der Waals surface area contributed by atoms with Crippen LogP contribution in [0.5, 0.6) is 11.5 Å². The van der Waals surface area contributed by atoms with E-state index in [1.165, 1.54) is 42.9 Å².